The quantitative estimate of drug-likeness (QED) is 0.417. The molecule has 0 spiro atoms. The second-order valence-corrected chi connectivity index (χ2v) is 7.69. The Morgan fingerprint density at radius 3 is 2.36 bits per heavy atom. The van der Waals surface area contributed by atoms with Crippen LogP contribution in [0.25, 0.3) is 45.2 Å². The zero-order valence-electron chi connectivity index (χ0n) is 17.6. The summed E-state index contributed by atoms with van der Waals surface area (Å²) >= 11 is 0. The van der Waals surface area contributed by atoms with E-state index in [-0.39, 0.29) is 5.82 Å². The molecule has 0 bridgehead atoms. The van der Waals surface area contributed by atoms with Crippen molar-refractivity contribution in [3.63, 3.8) is 0 Å². The Kier molecular flexibility index (Phi) is 4.36. The molecular weight excluding hydrogens is 417 g/mol. The number of nitrogens with one attached hydrogen (secondary N) is 1. The average Bonchev–Trinajstić information content (AvgIpc) is 3.56. The molecule has 7 nitrogen and oxygen atoms in total. The van der Waals surface area contributed by atoms with Crippen LogP contribution in [0.2, 0.25) is 0 Å². The highest BCUT2D eigenvalue weighted by molar-refractivity contribution is 5.83. The highest BCUT2D eigenvalue weighted by atomic mass is 19.1. The number of halogens is 1. The summed E-state index contributed by atoms with van der Waals surface area (Å²) in [6.45, 7) is 1.92. The van der Waals surface area contributed by atoms with Gasteiger partial charge < -0.3 is 4.98 Å². The van der Waals surface area contributed by atoms with Crippen LogP contribution in [-0.4, -0.2) is 34.7 Å². The summed E-state index contributed by atoms with van der Waals surface area (Å²) in [5, 5.41) is 13.6. The minimum Gasteiger partial charge on any atom is -0.338 e. The van der Waals surface area contributed by atoms with E-state index in [0.717, 1.165) is 33.7 Å². The standard InChI is InChI=1S/C25H18FN7/c1-16-23(29-31-33(16)19-13-11-17(26)12-14-19)24-20(15-32(30-24)18-7-3-2-4-8-18)25-27-21-9-5-6-10-22(21)28-25/h2-15H,1H3,(H,27,28). The van der Waals surface area contributed by atoms with E-state index in [4.69, 9.17) is 10.1 Å². The predicted octanol–water partition coefficient (Wildman–Crippen LogP) is 5.11. The fraction of sp³-hybridized carbons (Fsp3) is 0.0400. The Morgan fingerprint density at radius 2 is 1.58 bits per heavy atom. The van der Waals surface area contributed by atoms with Crippen LogP contribution in [0.5, 0.6) is 0 Å². The van der Waals surface area contributed by atoms with Gasteiger partial charge in [0.2, 0.25) is 0 Å². The van der Waals surface area contributed by atoms with Gasteiger partial charge in [-0.2, -0.15) is 5.10 Å². The van der Waals surface area contributed by atoms with E-state index in [1.54, 1.807) is 16.8 Å². The third-order valence-electron chi connectivity index (χ3n) is 5.57. The smallest absolute Gasteiger partial charge is 0.142 e. The molecule has 33 heavy (non-hydrogen) atoms. The van der Waals surface area contributed by atoms with E-state index in [1.165, 1.54) is 12.1 Å². The van der Waals surface area contributed by atoms with Crippen molar-refractivity contribution in [2.45, 2.75) is 6.92 Å². The van der Waals surface area contributed by atoms with Gasteiger partial charge in [0, 0.05) is 6.20 Å². The highest BCUT2D eigenvalue weighted by Gasteiger charge is 2.22. The first-order chi connectivity index (χ1) is 16.2. The number of benzene rings is 3. The molecule has 0 fully saturated rings. The minimum atomic E-state index is -0.300. The van der Waals surface area contributed by atoms with Crippen molar-refractivity contribution in [3.05, 3.63) is 96.6 Å². The van der Waals surface area contributed by atoms with E-state index < -0.39 is 0 Å². The lowest BCUT2D eigenvalue weighted by atomic mass is 10.1. The van der Waals surface area contributed by atoms with Gasteiger partial charge in [-0.1, -0.05) is 35.5 Å². The van der Waals surface area contributed by atoms with Gasteiger partial charge in [-0.15, -0.1) is 5.10 Å². The summed E-state index contributed by atoms with van der Waals surface area (Å²) in [5.74, 6) is 0.398. The fourth-order valence-corrected chi connectivity index (χ4v) is 3.89. The lowest BCUT2D eigenvalue weighted by Gasteiger charge is -2.03. The van der Waals surface area contributed by atoms with Crippen LogP contribution in [0, 0.1) is 12.7 Å². The van der Waals surface area contributed by atoms with Gasteiger partial charge in [0.1, 0.15) is 23.0 Å². The third kappa shape index (κ3) is 3.28. The Morgan fingerprint density at radius 1 is 0.818 bits per heavy atom. The molecule has 0 aliphatic rings. The topological polar surface area (TPSA) is 77.2 Å². The molecule has 0 unspecified atom stereocenters. The van der Waals surface area contributed by atoms with Crippen LogP contribution in [0.1, 0.15) is 5.69 Å². The molecule has 0 amide bonds. The highest BCUT2D eigenvalue weighted by Crippen LogP contribution is 2.32. The summed E-state index contributed by atoms with van der Waals surface area (Å²) in [7, 11) is 0. The molecule has 0 saturated carbocycles. The summed E-state index contributed by atoms with van der Waals surface area (Å²) in [5.41, 5.74) is 6.34. The number of para-hydroxylation sites is 3. The number of hydrogen-bond acceptors (Lipinski definition) is 4. The first-order valence-electron chi connectivity index (χ1n) is 10.5. The number of fused-ring (bicyclic) bond motifs is 1. The molecule has 6 aromatic rings. The number of hydrogen-bond donors (Lipinski definition) is 1. The van der Waals surface area contributed by atoms with Crippen molar-refractivity contribution in [2.24, 2.45) is 0 Å². The Bertz CT molecular complexity index is 1540. The van der Waals surface area contributed by atoms with E-state index in [1.807, 2.05) is 72.4 Å². The van der Waals surface area contributed by atoms with Crippen LogP contribution in [0.15, 0.2) is 85.1 Å². The molecule has 0 radical (unpaired) electrons. The second-order valence-electron chi connectivity index (χ2n) is 7.69. The zero-order chi connectivity index (χ0) is 22.4. The molecule has 3 heterocycles. The average molecular weight is 435 g/mol. The number of imidazole rings is 1. The summed E-state index contributed by atoms with van der Waals surface area (Å²) in [6.07, 6.45) is 1.94. The lowest BCUT2D eigenvalue weighted by molar-refractivity contribution is 0.626. The van der Waals surface area contributed by atoms with Crippen LogP contribution in [-0.2, 0) is 0 Å². The summed E-state index contributed by atoms with van der Waals surface area (Å²) in [6, 6.07) is 23.9. The molecule has 0 atom stereocenters. The largest absolute Gasteiger partial charge is 0.338 e. The number of rotatable bonds is 4. The Labute approximate surface area is 188 Å². The lowest BCUT2D eigenvalue weighted by Crippen LogP contribution is -1.99. The van der Waals surface area contributed by atoms with Crippen molar-refractivity contribution in [1.29, 1.82) is 0 Å². The summed E-state index contributed by atoms with van der Waals surface area (Å²) in [4.78, 5) is 8.16. The molecule has 160 valence electrons. The maximum atomic E-state index is 13.4. The molecular formula is C25H18FN7. The second kappa shape index (κ2) is 7.52. The molecule has 0 aliphatic heterocycles. The van der Waals surface area contributed by atoms with Gasteiger partial charge in [-0.25, -0.2) is 18.7 Å². The van der Waals surface area contributed by atoms with Crippen molar-refractivity contribution < 1.29 is 4.39 Å². The van der Waals surface area contributed by atoms with Crippen molar-refractivity contribution in [3.8, 4) is 34.2 Å². The van der Waals surface area contributed by atoms with Crippen LogP contribution >= 0.6 is 0 Å². The monoisotopic (exact) mass is 435 g/mol. The number of aromatic nitrogens is 7. The Balaban J connectivity index is 1.54. The maximum Gasteiger partial charge on any atom is 0.142 e. The van der Waals surface area contributed by atoms with Crippen LogP contribution in [0.4, 0.5) is 4.39 Å². The van der Waals surface area contributed by atoms with E-state index in [2.05, 4.69) is 15.3 Å². The van der Waals surface area contributed by atoms with Crippen molar-refractivity contribution in [1.82, 2.24) is 34.7 Å². The van der Waals surface area contributed by atoms with Gasteiger partial charge in [-0.3, -0.25) is 0 Å². The minimum absolute atomic E-state index is 0.300. The first-order valence-corrected chi connectivity index (χ1v) is 10.5. The van der Waals surface area contributed by atoms with Crippen molar-refractivity contribution in [2.75, 3.05) is 0 Å². The molecule has 0 saturated heterocycles. The zero-order valence-corrected chi connectivity index (χ0v) is 17.6. The number of nitrogens with zero attached hydrogens (tertiary/aromatic N) is 6. The molecule has 3 aromatic carbocycles. The molecule has 8 heteroatoms. The SMILES string of the molecule is Cc1c(-c2nn(-c3ccccc3)cc2-c2nc3ccccc3[nH]2)nnn1-c1ccc(F)cc1. The molecule has 3 aromatic heterocycles. The van der Waals surface area contributed by atoms with E-state index >= 15 is 0 Å². The first kappa shape index (κ1) is 19.1. The number of H-pyrrole nitrogens is 1. The molecule has 0 aliphatic carbocycles. The maximum absolute atomic E-state index is 13.4. The van der Waals surface area contributed by atoms with Gasteiger partial charge in [-0.05, 0) is 55.5 Å². The van der Waals surface area contributed by atoms with Gasteiger partial charge >= 0.3 is 0 Å². The van der Waals surface area contributed by atoms with Crippen LogP contribution in [0.3, 0.4) is 0 Å². The summed E-state index contributed by atoms with van der Waals surface area (Å²) < 4.78 is 16.9. The van der Waals surface area contributed by atoms with Crippen LogP contribution < -0.4 is 0 Å². The third-order valence-corrected chi connectivity index (χ3v) is 5.57. The van der Waals surface area contributed by atoms with Crippen molar-refractivity contribution >= 4 is 11.0 Å². The fourth-order valence-electron chi connectivity index (χ4n) is 3.89. The molecule has 6 rings (SSSR count). The van der Waals surface area contributed by atoms with Gasteiger partial charge in [0.05, 0.1) is 33.7 Å². The van der Waals surface area contributed by atoms with Gasteiger partial charge in [0.15, 0.2) is 0 Å². The van der Waals surface area contributed by atoms with E-state index in [0.29, 0.717) is 17.2 Å². The molecule has 1 N–H and O–H groups in total. The number of aromatic amines is 1. The van der Waals surface area contributed by atoms with Gasteiger partial charge in [0.25, 0.3) is 0 Å². The normalized spacial score (nSPS) is 11.3. The van der Waals surface area contributed by atoms with E-state index in [9.17, 15) is 4.39 Å². The predicted molar refractivity (Wildman–Crippen MR) is 124 cm³/mol. The Hall–Kier alpha value is -4.59.